The molecule has 3 rings (SSSR count). The van der Waals surface area contributed by atoms with Crippen molar-refractivity contribution in [2.75, 3.05) is 13.4 Å². The third-order valence-corrected chi connectivity index (χ3v) is 6.37. The van der Waals surface area contributed by atoms with Crippen molar-refractivity contribution in [3.8, 4) is 11.8 Å². The van der Waals surface area contributed by atoms with E-state index in [1.54, 1.807) is 0 Å². The molecular weight excluding hydrogens is 560 g/mol. The maximum Gasteiger partial charge on any atom is 0.436 e. The van der Waals surface area contributed by atoms with Crippen LogP contribution in [0.15, 0.2) is 35.5 Å². The highest BCUT2D eigenvalue weighted by atomic mass is 35.5. The summed E-state index contributed by atoms with van der Waals surface area (Å²) >= 11 is 11.9. The summed E-state index contributed by atoms with van der Waals surface area (Å²) in [6.45, 7) is 2.60. The lowest BCUT2D eigenvalue weighted by Gasteiger charge is -2.33. The molecule has 37 heavy (non-hydrogen) atoms. The van der Waals surface area contributed by atoms with Crippen molar-refractivity contribution in [2.45, 2.75) is 31.7 Å². The molecule has 1 aromatic heterocycles. The average molecular weight is 579 g/mol. The van der Waals surface area contributed by atoms with E-state index in [1.807, 2.05) is 0 Å². The number of hydrogen-bond acceptors (Lipinski definition) is 8. The summed E-state index contributed by atoms with van der Waals surface area (Å²) in [5.41, 5.74) is -3.85. The lowest BCUT2D eigenvalue weighted by atomic mass is 9.78. The summed E-state index contributed by atoms with van der Waals surface area (Å²) in [5.74, 6) is 2.74. The first-order valence-corrected chi connectivity index (χ1v) is 12.9. The van der Waals surface area contributed by atoms with Crippen LogP contribution < -0.4 is 0 Å². The highest BCUT2D eigenvalue weighted by Crippen LogP contribution is 2.52. The van der Waals surface area contributed by atoms with E-state index in [-0.39, 0.29) is 38.3 Å². The Morgan fingerprint density at radius 3 is 2.38 bits per heavy atom. The number of alkyl halides is 3. The minimum atomic E-state index is -4.95. The second kappa shape index (κ2) is 10.5. The van der Waals surface area contributed by atoms with Gasteiger partial charge in [-0.05, 0) is 43.2 Å². The van der Waals surface area contributed by atoms with Crippen molar-refractivity contribution in [2.24, 2.45) is 11.1 Å². The Morgan fingerprint density at radius 2 is 1.84 bits per heavy atom. The zero-order valence-corrected chi connectivity index (χ0v) is 22.0. The molecule has 0 saturated carbocycles. The fraction of sp³-hybridized carbons (Fsp3) is 0.348. The van der Waals surface area contributed by atoms with Gasteiger partial charge < -0.3 is 9.57 Å². The van der Waals surface area contributed by atoms with Crippen LogP contribution in [-0.4, -0.2) is 50.7 Å². The molecule has 3 unspecified atom stereocenters. The van der Waals surface area contributed by atoms with E-state index in [2.05, 4.69) is 22.0 Å². The number of hydrogen-bond donors (Lipinski definition) is 0. The van der Waals surface area contributed by atoms with Crippen LogP contribution in [0, 0.1) is 17.8 Å². The van der Waals surface area contributed by atoms with Crippen molar-refractivity contribution < 1.29 is 40.1 Å². The molecule has 0 bridgehead atoms. The molecule has 3 atom stereocenters. The first kappa shape index (κ1) is 28.7. The molecule has 0 fully saturated rings. The van der Waals surface area contributed by atoms with Gasteiger partial charge in [-0.25, -0.2) is 9.78 Å². The second-order valence-corrected chi connectivity index (χ2v) is 10.5. The highest BCUT2D eigenvalue weighted by Gasteiger charge is 2.66. The Morgan fingerprint density at radius 1 is 1.22 bits per heavy atom. The largest absolute Gasteiger partial charge is 0.465 e. The maximum atomic E-state index is 14.5. The number of methoxy groups -OCH3 is 1. The second-order valence-electron chi connectivity index (χ2n) is 7.98. The number of nitrogens with zero attached hydrogens (tertiary/aromatic N) is 2. The Labute approximate surface area is 220 Å². The molecule has 0 amide bonds. The number of ether oxygens (including phenoxy) is 1. The van der Waals surface area contributed by atoms with E-state index in [0.717, 1.165) is 25.5 Å². The van der Waals surface area contributed by atoms with Crippen molar-refractivity contribution in [1.82, 2.24) is 4.98 Å². The molecule has 0 spiro atoms. The van der Waals surface area contributed by atoms with E-state index in [9.17, 15) is 26.4 Å². The van der Waals surface area contributed by atoms with E-state index < -0.39 is 39.9 Å². The lowest BCUT2D eigenvalue weighted by Crippen LogP contribution is -2.48. The predicted molar refractivity (Wildman–Crippen MR) is 129 cm³/mol. The molecule has 8 nitrogen and oxygen atoms in total. The summed E-state index contributed by atoms with van der Waals surface area (Å²) in [6, 6.07) is 5.97. The molecule has 198 valence electrons. The third kappa shape index (κ3) is 6.01. The van der Waals surface area contributed by atoms with Crippen LogP contribution in [0.5, 0.6) is 0 Å². The number of aromatic nitrogens is 1. The molecule has 1 aromatic carbocycles. The van der Waals surface area contributed by atoms with Gasteiger partial charge in [0.25, 0.3) is 15.7 Å². The number of rotatable bonds is 5. The van der Waals surface area contributed by atoms with Crippen molar-refractivity contribution in [3.63, 3.8) is 0 Å². The lowest BCUT2D eigenvalue weighted by molar-refractivity contribution is -0.287. The molecule has 2 heterocycles. The third-order valence-electron chi connectivity index (χ3n) is 5.30. The molecule has 1 aliphatic rings. The Bertz CT molecular complexity index is 1420. The quantitative estimate of drug-likeness (QED) is 0.287. The Balaban J connectivity index is 2.10. The van der Waals surface area contributed by atoms with Crippen LogP contribution in [0.3, 0.4) is 0 Å². The summed E-state index contributed by atoms with van der Waals surface area (Å²) in [7, 11) is -2.70. The molecular formula is C23H19Cl2F3N2O6S. The van der Waals surface area contributed by atoms with Gasteiger partial charge in [-0.15, -0.1) is 0 Å². The van der Waals surface area contributed by atoms with Gasteiger partial charge in [0.2, 0.25) is 0 Å². The van der Waals surface area contributed by atoms with E-state index in [4.69, 9.17) is 37.0 Å². The smallest absolute Gasteiger partial charge is 0.436 e. The fourth-order valence-corrected chi connectivity index (χ4v) is 4.80. The fourth-order valence-electron chi connectivity index (χ4n) is 3.70. The SMILES string of the molecule is COC(=O)c1ccc(C2=NOC(c3cc(Cl)cc(Cl)c3)(C(F)(F)F)C2C)nc1C#CC(C)OS(C)(=O)=O. The van der Waals surface area contributed by atoms with Crippen LogP contribution in [0.2, 0.25) is 10.0 Å². The molecule has 14 heteroatoms. The van der Waals surface area contributed by atoms with Crippen LogP contribution in [0.25, 0.3) is 0 Å². The minimum absolute atomic E-state index is 0.0288. The van der Waals surface area contributed by atoms with Gasteiger partial charge >= 0.3 is 12.1 Å². The van der Waals surface area contributed by atoms with Gasteiger partial charge in [0, 0.05) is 15.6 Å². The molecule has 2 aromatic rings. The number of oxime groups is 1. The molecule has 1 aliphatic heterocycles. The number of carbonyl (C=O) groups excluding carboxylic acids is 1. The van der Waals surface area contributed by atoms with Crippen LogP contribution in [-0.2, 0) is 29.5 Å². The van der Waals surface area contributed by atoms with E-state index in [1.165, 1.54) is 32.0 Å². The number of pyridine rings is 1. The Kier molecular flexibility index (Phi) is 8.14. The summed E-state index contributed by atoms with van der Waals surface area (Å²) in [6.07, 6.45) is -5.22. The van der Waals surface area contributed by atoms with Crippen molar-refractivity contribution in [1.29, 1.82) is 0 Å². The van der Waals surface area contributed by atoms with Crippen LogP contribution in [0.1, 0.15) is 41.2 Å². The Hall–Kier alpha value is -2.85. The highest BCUT2D eigenvalue weighted by molar-refractivity contribution is 7.86. The molecule has 0 radical (unpaired) electrons. The maximum absolute atomic E-state index is 14.5. The van der Waals surface area contributed by atoms with Gasteiger partial charge in [0.15, 0.2) is 0 Å². The standard InChI is InChI=1S/C23H19Cl2F3N2O6S/c1-12(35-37(4,32)33)5-7-18-17(21(31)34-3)6-8-19(29-18)20-13(2)22(36-30-20,23(26,27)28)14-9-15(24)11-16(25)10-14/h6,8-13H,1-4H3. The number of benzene rings is 1. The van der Waals surface area contributed by atoms with Crippen LogP contribution >= 0.6 is 23.2 Å². The normalized spacial score (nSPS) is 20.4. The van der Waals surface area contributed by atoms with E-state index in [0.29, 0.717) is 0 Å². The zero-order valence-electron chi connectivity index (χ0n) is 19.7. The molecule has 0 aliphatic carbocycles. The molecule has 0 N–H and O–H groups in total. The first-order chi connectivity index (χ1) is 17.1. The minimum Gasteiger partial charge on any atom is -0.465 e. The van der Waals surface area contributed by atoms with Crippen molar-refractivity contribution >= 4 is 45.0 Å². The average Bonchev–Trinajstić information content (AvgIpc) is 3.13. The topological polar surface area (TPSA) is 104 Å². The zero-order chi connectivity index (χ0) is 27.8. The van der Waals surface area contributed by atoms with Gasteiger partial charge in [-0.2, -0.15) is 21.6 Å². The summed E-state index contributed by atoms with van der Waals surface area (Å²) in [5, 5.41) is 3.64. The van der Waals surface area contributed by atoms with Gasteiger partial charge in [-0.3, -0.25) is 4.18 Å². The number of carbonyl (C=O) groups is 1. The van der Waals surface area contributed by atoms with Gasteiger partial charge in [0.05, 0.1) is 30.5 Å². The first-order valence-electron chi connectivity index (χ1n) is 10.4. The summed E-state index contributed by atoms with van der Waals surface area (Å²) in [4.78, 5) is 21.5. The van der Waals surface area contributed by atoms with Gasteiger partial charge in [0.1, 0.15) is 17.5 Å². The van der Waals surface area contributed by atoms with Gasteiger partial charge in [-0.1, -0.05) is 41.2 Å². The van der Waals surface area contributed by atoms with Crippen molar-refractivity contribution in [3.05, 3.63) is 62.9 Å². The summed E-state index contributed by atoms with van der Waals surface area (Å²) < 4.78 is 75.6. The molecule has 0 saturated heterocycles. The monoisotopic (exact) mass is 578 g/mol. The van der Waals surface area contributed by atoms with E-state index >= 15 is 0 Å². The van der Waals surface area contributed by atoms with Crippen LogP contribution in [0.4, 0.5) is 13.2 Å². The number of esters is 1. The predicted octanol–water partition coefficient (Wildman–Crippen LogP) is 4.72. The number of halogens is 5.